The van der Waals surface area contributed by atoms with E-state index >= 15 is 0 Å². The van der Waals surface area contributed by atoms with Crippen LogP contribution in [0.4, 0.5) is 0 Å². The van der Waals surface area contributed by atoms with E-state index in [-0.39, 0.29) is 11.3 Å². The average Bonchev–Trinajstić information content (AvgIpc) is 3.32. The lowest BCUT2D eigenvalue weighted by atomic mass is 9.77. The van der Waals surface area contributed by atoms with Gasteiger partial charge >= 0.3 is 0 Å². The number of imidazole rings is 1. The zero-order valence-electron chi connectivity index (χ0n) is 13.4. The van der Waals surface area contributed by atoms with Gasteiger partial charge in [-0.2, -0.15) is 5.10 Å². The Morgan fingerprint density at radius 3 is 3.21 bits per heavy atom. The SMILES string of the molecule is O=C(c1ccc2nccn2c1)N1CCCC2(CCc3cn[nH]c32)C1. The van der Waals surface area contributed by atoms with Gasteiger partial charge in [-0.3, -0.25) is 9.89 Å². The van der Waals surface area contributed by atoms with E-state index in [9.17, 15) is 4.79 Å². The smallest absolute Gasteiger partial charge is 0.255 e. The lowest BCUT2D eigenvalue weighted by Crippen LogP contribution is -2.47. The molecule has 5 rings (SSSR count). The van der Waals surface area contributed by atoms with E-state index in [2.05, 4.69) is 15.2 Å². The van der Waals surface area contributed by atoms with Crippen LogP contribution >= 0.6 is 0 Å². The molecule has 2 aliphatic rings. The Bertz CT molecular complexity index is 926. The summed E-state index contributed by atoms with van der Waals surface area (Å²) < 4.78 is 1.90. The third-order valence-electron chi connectivity index (χ3n) is 5.62. The molecule has 0 aromatic carbocycles. The monoisotopic (exact) mass is 321 g/mol. The standard InChI is InChI=1S/C18H19N5O/c24-17(14-2-3-15-19-7-9-22(15)11-14)23-8-1-5-18(12-23)6-4-13-10-20-21-16(13)18/h2-3,7,9-11H,1,4-6,8,12H2,(H,20,21). The highest BCUT2D eigenvalue weighted by atomic mass is 16.2. The molecule has 6 nitrogen and oxygen atoms in total. The van der Waals surface area contributed by atoms with Crippen molar-refractivity contribution in [1.29, 1.82) is 0 Å². The molecule has 0 saturated carbocycles. The largest absolute Gasteiger partial charge is 0.338 e. The molecular formula is C18H19N5O. The minimum Gasteiger partial charge on any atom is -0.338 e. The number of fused-ring (bicyclic) bond motifs is 3. The Morgan fingerprint density at radius 2 is 2.25 bits per heavy atom. The van der Waals surface area contributed by atoms with Gasteiger partial charge in [0, 0.05) is 42.8 Å². The van der Waals surface area contributed by atoms with Crippen LogP contribution in [-0.4, -0.2) is 43.5 Å². The molecule has 1 amide bonds. The molecule has 3 aromatic heterocycles. The molecule has 1 aliphatic heterocycles. The minimum absolute atomic E-state index is 0.0683. The third kappa shape index (κ3) is 1.92. The number of nitrogens with zero attached hydrogens (tertiary/aromatic N) is 4. The number of pyridine rings is 1. The third-order valence-corrected chi connectivity index (χ3v) is 5.62. The zero-order chi connectivity index (χ0) is 16.1. The number of nitrogens with one attached hydrogen (secondary N) is 1. The van der Waals surface area contributed by atoms with E-state index in [1.807, 2.05) is 40.0 Å². The van der Waals surface area contributed by atoms with Crippen LogP contribution in [0.1, 0.15) is 40.9 Å². The van der Waals surface area contributed by atoms with Crippen LogP contribution in [0, 0.1) is 0 Å². The normalized spacial score (nSPS) is 23.1. The van der Waals surface area contributed by atoms with E-state index in [1.54, 1.807) is 6.20 Å². The van der Waals surface area contributed by atoms with E-state index < -0.39 is 0 Å². The number of aryl methyl sites for hydroxylation is 1. The number of piperidine rings is 1. The summed E-state index contributed by atoms with van der Waals surface area (Å²) >= 11 is 0. The maximum absolute atomic E-state index is 13.0. The quantitative estimate of drug-likeness (QED) is 0.747. The van der Waals surface area contributed by atoms with Crippen LogP contribution in [0.2, 0.25) is 0 Å². The van der Waals surface area contributed by atoms with Crippen molar-refractivity contribution >= 4 is 11.6 Å². The fourth-order valence-corrected chi connectivity index (χ4v) is 4.40. The Morgan fingerprint density at radius 1 is 1.29 bits per heavy atom. The molecule has 1 aliphatic carbocycles. The molecule has 1 fully saturated rings. The second-order valence-electron chi connectivity index (χ2n) is 6.99. The van der Waals surface area contributed by atoms with E-state index in [1.165, 1.54) is 11.3 Å². The molecule has 4 heterocycles. The lowest BCUT2D eigenvalue weighted by molar-refractivity contribution is 0.0632. The Hall–Kier alpha value is -2.63. The van der Waals surface area contributed by atoms with Crippen molar-refractivity contribution in [3.63, 3.8) is 0 Å². The number of aromatic nitrogens is 4. The van der Waals surface area contributed by atoms with Crippen molar-refractivity contribution < 1.29 is 4.79 Å². The van der Waals surface area contributed by atoms with Crippen LogP contribution in [0.5, 0.6) is 0 Å². The van der Waals surface area contributed by atoms with Crippen LogP contribution in [0.15, 0.2) is 36.9 Å². The number of amides is 1. The molecule has 0 radical (unpaired) electrons. The van der Waals surface area contributed by atoms with Gasteiger partial charge in [0.25, 0.3) is 5.91 Å². The second-order valence-corrected chi connectivity index (χ2v) is 6.99. The van der Waals surface area contributed by atoms with Crippen LogP contribution in [-0.2, 0) is 11.8 Å². The van der Waals surface area contributed by atoms with Gasteiger partial charge in [0.05, 0.1) is 11.8 Å². The summed E-state index contributed by atoms with van der Waals surface area (Å²) in [5.41, 5.74) is 4.23. The van der Waals surface area contributed by atoms with Crippen molar-refractivity contribution in [3.8, 4) is 0 Å². The average molecular weight is 321 g/mol. The number of H-pyrrole nitrogens is 1. The van der Waals surface area contributed by atoms with Gasteiger partial charge < -0.3 is 9.30 Å². The topological polar surface area (TPSA) is 66.3 Å². The van der Waals surface area contributed by atoms with Gasteiger partial charge in [-0.25, -0.2) is 4.98 Å². The maximum Gasteiger partial charge on any atom is 0.255 e. The summed E-state index contributed by atoms with van der Waals surface area (Å²) in [5, 5.41) is 7.41. The first-order valence-corrected chi connectivity index (χ1v) is 8.50. The van der Waals surface area contributed by atoms with E-state index in [0.717, 1.165) is 50.0 Å². The van der Waals surface area contributed by atoms with Gasteiger partial charge in [0.1, 0.15) is 5.65 Å². The Labute approximate surface area is 139 Å². The number of likely N-dealkylation sites (tertiary alicyclic amines) is 1. The van der Waals surface area contributed by atoms with Crippen molar-refractivity contribution in [3.05, 3.63) is 53.7 Å². The van der Waals surface area contributed by atoms with E-state index in [4.69, 9.17) is 0 Å². The molecule has 3 aromatic rings. The maximum atomic E-state index is 13.0. The van der Waals surface area contributed by atoms with Gasteiger partial charge in [-0.1, -0.05) is 0 Å². The fourth-order valence-electron chi connectivity index (χ4n) is 4.40. The van der Waals surface area contributed by atoms with Gasteiger partial charge in [-0.15, -0.1) is 0 Å². The first-order chi connectivity index (χ1) is 11.8. The summed E-state index contributed by atoms with van der Waals surface area (Å²) in [6.07, 6.45) is 11.8. The van der Waals surface area contributed by atoms with Gasteiger partial charge in [0.2, 0.25) is 0 Å². The molecule has 6 heteroatoms. The Kier molecular flexibility index (Phi) is 2.83. The van der Waals surface area contributed by atoms with Crippen molar-refractivity contribution in [2.24, 2.45) is 0 Å². The summed E-state index contributed by atoms with van der Waals surface area (Å²) in [6.45, 7) is 1.61. The number of carbonyl (C=O) groups excluding carboxylic acids is 1. The van der Waals surface area contributed by atoms with E-state index in [0.29, 0.717) is 0 Å². The number of hydrogen-bond acceptors (Lipinski definition) is 3. The molecule has 0 bridgehead atoms. The molecule has 1 atom stereocenters. The summed E-state index contributed by atoms with van der Waals surface area (Å²) in [5.74, 6) is 0.109. The summed E-state index contributed by atoms with van der Waals surface area (Å²) in [4.78, 5) is 19.3. The van der Waals surface area contributed by atoms with Gasteiger partial charge in [0.15, 0.2) is 0 Å². The molecule has 122 valence electrons. The molecular weight excluding hydrogens is 302 g/mol. The number of rotatable bonds is 1. The van der Waals surface area contributed by atoms with Crippen molar-refractivity contribution in [2.45, 2.75) is 31.1 Å². The number of carbonyl (C=O) groups is 1. The summed E-state index contributed by atoms with van der Waals surface area (Å²) in [6, 6.07) is 3.78. The summed E-state index contributed by atoms with van der Waals surface area (Å²) in [7, 11) is 0. The molecule has 1 unspecified atom stereocenters. The van der Waals surface area contributed by atoms with Crippen LogP contribution in [0.25, 0.3) is 5.65 Å². The molecule has 1 N–H and O–H groups in total. The zero-order valence-corrected chi connectivity index (χ0v) is 13.4. The number of hydrogen-bond donors (Lipinski definition) is 1. The number of aromatic amines is 1. The highest BCUT2D eigenvalue weighted by Gasteiger charge is 2.44. The molecule has 1 spiro atoms. The Balaban J connectivity index is 1.45. The van der Waals surface area contributed by atoms with Gasteiger partial charge in [-0.05, 0) is 43.4 Å². The second kappa shape index (κ2) is 4.93. The lowest BCUT2D eigenvalue weighted by Gasteiger charge is -2.40. The highest BCUT2D eigenvalue weighted by Crippen LogP contribution is 2.44. The predicted molar refractivity (Wildman–Crippen MR) is 88.9 cm³/mol. The molecule has 24 heavy (non-hydrogen) atoms. The highest BCUT2D eigenvalue weighted by molar-refractivity contribution is 5.94. The van der Waals surface area contributed by atoms with Crippen molar-refractivity contribution in [1.82, 2.24) is 24.5 Å². The molecule has 1 saturated heterocycles. The van der Waals surface area contributed by atoms with Crippen LogP contribution < -0.4 is 0 Å². The first-order valence-electron chi connectivity index (χ1n) is 8.50. The fraction of sp³-hybridized carbons (Fsp3) is 0.389. The van der Waals surface area contributed by atoms with Crippen molar-refractivity contribution in [2.75, 3.05) is 13.1 Å². The first kappa shape index (κ1) is 13.8. The van der Waals surface area contributed by atoms with Crippen LogP contribution in [0.3, 0.4) is 0 Å². The minimum atomic E-state index is 0.0683. The predicted octanol–water partition coefficient (Wildman–Crippen LogP) is 2.18.